The number of ether oxygens (including phenoxy) is 6. The number of amides is 1. The molecule has 0 saturated carbocycles. The summed E-state index contributed by atoms with van der Waals surface area (Å²) < 4.78 is 34.2. The van der Waals surface area contributed by atoms with E-state index in [2.05, 4.69) is 5.32 Å². The molecule has 2 aromatic rings. The van der Waals surface area contributed by atoms with Gasteiger partial charge in [-0.25, -0.2) is 0 Å². The molecule has 4 rings (SSSR count). The van der Waals surface area contributed by atoms with Crippen LogP contribution in [0.5, 0.6) is 17.2 Å². The quantitative estimate of drug-likeness (QED) is 0.694. The second-order valence-corrected chi connectivity index (χ2v) is 7.59. The Morgan fingerprint density at radius 2 is 1.56 bits per heavy atom. The molecule has 2 fully saturated rings. The maximum absolute atomic E-state index is 11.8. The molecule has 2 saturated heterocycles. The van der Waals surface area contributed by atoms with Crippen molar-refractivity contribution in [2.24, 2.45) is 0 Å². The molecule has 0 aliphatic carbocycles. The van der Waals surface area contributed by atoms with Gasteiger partial charge < -0.3 is 38.8 Å². The van der Waals surface area contributed by atoms with Gasteiger partial charge in [0.25, 0.3) is 0 Å². The number of carbonyl (C=O) groups excluding carboxylic acids is 1. The lowest BCUT2D eigenvalue weighted by molar-refractivity contribution is -0.333. The van der Waals surface area contributed by atoms with Gasteiger partial charge in [-0.3, -0.25) is 4.79 Å². The van der Waals surface area contributed by atoms with Crippen LogP contribution in [0, 0.1) is 0 Å². The highest BCUT2D eigenvalue weighted by Crippen LogP contribution is 2.35. The highest BCUT2D eigenvalue weighted by Gasteiger charge is 2.50. The summed E-state index contributed by atoms with van der Waals surface area (Å²) in [7, 11) is 3.17. The number of nitrogens with one attached hydrogen (secondary N) is 1. The molecule has 0 bridgehead atoms. The molecule has 1 amide bonds. The van der Waals surface area contributed by atoms with Crippen LogP contribution in [0.4, 0.5) is 0 Å². The lowest BCUT2D eigenvalue weighted by atomic mass is 9.95. The molecule has 0 aromatic heterocycles. The molecule has 2 aliphatic heterocycles. The van der Waals surface area contributed by atoms with Crippen LogP contribution in [0.2, 0.25) is 0 Å². The largest absolute Gasteiger partial charge is 0.497 e. The zero-order valence-corrected chi connectivity index (χ0v) is 18.1. The minimum atomic E-state index is -1.08. The summed E-state index contributed by atoms with van der Waals surface area (Å²) in [6.45, 7) is 1.56. The van der Waals surface area contributed by atoms with E-state index in [0.717, 1.165) is 5.56 Å². The average Bonchev–Trinajstić information content (AvgIpc) is 2.82. The molecular weight excluding hydrogens is 418 g/mol. The van der Waals surface area contributed by atoms with Crippen LogP contribution in [0.15, 0.2) is 48.5 Å². The van der Waals surface area contributed by atoms with Crippen molar-refractivity contribution < 1.29 is 38.3 Å². The second kappa shape index (κ2) is 9.74. The third kappa shape index (κ3) is 4.81. The number of rotatable bonds is 6. The first-order chi connectivity index (χ1) is 15.5. The second-order valence-electron chi connectivity index (χ2n) is 7.59. The van der Waals surface area contributed by atoms with Gasteiger partial charge >= 0.3 is 0 Å². The molecule has 6 unspecified atom stereocenters. The van der Waals surface area contributed by atoms with Crippen LogP contribution >= 0.6 is 0 Å². The van der Waals surface area contributed by atoms with Crippen LogP contribution < -0.4 is 19.5 Å². The highest BCUT2D eigenvalue weighted by molar-refractivity contribution is 5.73. The average molecular weight is 445 g/mol. The number of aliphatic hydroxyl groups excluding tert-OH is 1. The Bertz CT molecular complexity index is 903. The number of hydrogen-bond donors (Lipinski definition) is 2. The van der Waals surface area contributed by atoms with Gasteiger partial charge in [-0.05, 0) is 36.4 Å². The third-order valence-corrected chi connectivity index (χ3v) is 5.44. The first-order valence-electron chi connectivity index (χ1n) is 10.3. The topological polar surface area (TPSA) is 105 Å². The monoisotopic (exact) mass is 445 g/mol. The Hall–Kier alpha value is -2.85. The van der Waals surface area contributed by atoms with E-state index in [0.29, 0.717) is 17.2 Å². The number of hydrogen-bond acceptors (Lipinski definition) is 8. The smallest absolute Gasteiger partial charge is 0.223 e. The Kier molecular flexibility index (Phi) is 6.80. The number of aliphatic hydroxyl groups is 1. The van der Waals surface area contributed by atoms with Gasteiger partial charge in [0.1, 0.15) is 41.6 Å². The minimum absolute atomic E-state index is 0.188. The van der Waals surface area contributed by atoms with Crippen molar-refractivity contribution in [2.45, 2.75) is 43.9 Å². The first-order valence-corrected chi connectivity index (χ1v) is 10.3. The molecular formula is C23H27NO8. The van der Waals surface area contributed by atoms with Gasteiger partial charge in [-0.1, -0.05) is 12.1 Å². The molecule has 0 radical (unpaired) electrons. The Morgan fingerprint density at radius 1 is 0.969 bits per heavy atom. The number of fused-ring (bicyclic) bond motifs is 1. The summed E-state index contributed by atoms with van der Waals surface area (Å²) in [5.41, 5.74) is 0.782. The number of benzene rings is 2. The van der Waals surface area contributed by atoms with Crippen molar-refractivity contribution in [3.8, 4) is 17.2 Å². The summed E-state index contributed by atoms with van der Waals surface area (Å²) in [6.07, 6.45) is -3.99. The van der Waals surface area contributed by atoms with Gasteiger partial charge in [0.15, 0.2) is 6.29 Å². The molecule has 2 aromatic carbocycles. The predicted octanol–water partition coefficient (Wildman–Crippen LogP) is 1.79. The van der Waals surface area contributed by atoms with E-state index in [1.165, 1.54) is 6.92 Å². The van der Waals surface area contributed by atoms with Gasteiger partial charge in [-0.2, -0.15) is 0 Å². The molecule has 9 nitrogen and oxygen atoms in total. The summed E-state index contributed by atoms with van der Waals surface area (Å²) in [5, 5.41) is 13.8. The van der Waals surface area contributed by atoms with E-state index in [9.17, 15) is 9.90 Å². The van der Waals surface area contributed by atoms with Crippen molar-refractivity contribution in [3.63, 3.8) is 0 Å². The molecule has 2 N–H and O–H groups in total. The standard InChI is InChI=1S/C23H27NO8/c1-13(25)24-19-20(26)21-18(31-23(19)30-17-10-8-16(28-3)9-11-17)12-29-22(32-21)14-4-6-15(27-2)7-5-14/h4-11,18-23,26H,12H2,1-3H3,(H,24,25). The Morgan fingerprint density at radius 3 is 2.16 bits per heavy atom. The minimum Gasteiger partial charge on any atom is -0.497 e. The van der Waals surface area contributed by atoms with E-state index in [1.807, 2.05) is 12.1 Å². The van der Waals surface area contributed by atoms with Crippen molar-refractivity contribution in [3.05, 3.63) is 54.1 Å². The fourth-order valence-corrected chi connectivity index (χ4v) is 3.80. The van der Waals surface area contributed by atoms with Crippen LogP contribution in [0.1, 0.15) is 18.8 Å². The van der Waals surface area contributed by atoms with E-state index < -0.39 is 36.9 Å². The Balaban J connectivity index is 1.50. The first kappa shape index (κ1) is 22.3. The van der Waals surface area contributed by atoms with Gasteiger partial charge in [0.2, 0.25) is 12.2 Å². The molecule has 0 spiro atoms. The maximum Gasteiger partial charge on any atom is 0.223 e. The molecule has 6 atom stereocenters. The van der Waals surface area contributed by atoms with Gasteiger partial charge in [0, 0.05) is 12.5 Å². The van der Waals surface area contributed by atoms with Crippen molar-refractivity contribution in [1.29, 1.82) is 0 Å². The number of methoxy groups -OCH3 is 2. The molecule has 2 heterocycles. The van der Waals surface area contributed by atoms with E-state index in [4.69, 9.17) is 28.4 Å². The summed E-state index contributed by atoms with van der Waals surface area (Å²) >= 11 is 0. The van der Waals surface area contributed by atoms with Gasteiger partial charge in [0.05, 0.1) is 20.8 Å². The fourth-order valence-electron chi connectivity index (χ4n) is 3.80. The lowest BCUT2D eigenvalue weighted by Gasteiger charge is -2.47. The normalized spacial score (nSPS) is 29.5. The maximum atomic E-state index is 11.8. The SMILES string of the molecule is COc1ccc(OC2OC3COC(c4ccc(OC)cc4)OC3C(O)C2NC(C)=O)cc1. The molecule has 9 heteroatoms. The molecule has 172 valence electrons. The van der Waals surface area contributed by atoms with Crippen molar-refractivity contribution in [1.82, 2.24) is 5.32 Å². The summed E-state index contributed by atoms with van der Waals surface area (Å²) in [5.74, 6) is 1.58. The highest BCUT2D eigenvalue weighted by atomic mass is 16.7. The number of carbonyl (C=O) groups is 1. The summed E-state index contributed by atoms with van der Waals surface area (Å²) in [4.78, 5) is 11.8. The molecule has 32 heavy (non-hydrogen) atoms. The van der Waals surface area contributed by atoms with E-state index in [-0.39, 0.29) is 12.5 Å². The Labute approximate surface area is 186 Å². The fraction of sp³-hybridized carbons (Fsp3) is 0.435. The zero-order valence-electron chi connectivity index (χ0n) is 18.1. The van der Waals surface area contributed by atoms with Crippen LogP contribution in [0.3, 0.4) is 0 Å². The van der Waals surface area contributed by atoms with Gasteiger partial charge in [-0.15, -0.1) is 0 Å². The third-order valence-electron chi connectivity index (χ3n) is 5.44. The van der Waals surface area contributed by atoms with Crippen molar-refractivity contribution in [2.75, 3.05) is 20.8 Å². The zero-order chi connectivity index (χ0) is 22.7. The van der Waals surface area contributed by atoms with E-state index in [1.54, 1.807) is 50.6 Å². The van der Waals surface area contributed by atoms with Crippen molar-refractivity contribution >= 4 is 5.91 Å². The van der Waals surface area contributed by atoms with Crippen LogP contribution in [0.25, 0.3) is 0 Å². The van der Waals surface area contributed by atoms with Crippen LogP contribution in [-0.4, -0.2) is 62.5 Å². The summed E-state index contributed by atoms with van der Waals surface area (Å²) in [6, 6.07) is 13.4. The molecule has 2 aliphatic rings. The van der Waals surface area contributed by atoms with Crippen LogP contribution in [-0.2, 0) is 19.0 Å². The predicted molar refractivity (Wildman–Crippen MR) is 112 cm³/mol. The lowest BCUT2D eigenvalue weighted by Crippen LogP contribution is -2.67. The van der Waals surface area contributed by atoms with E-state index >= 15 is 0 Å².